The maximum Gasteiger partial charge on any atom is 0.411 e. The molecular weight excluding hydrogens is 380 g/mol. The molecule has 0 saturated carbocycles. The standard InChI is InChI=1S/C24H26N2O4/c27-24(30-23-16-26-10-8-17(23)9-11-26)25-22-7-1-4-18(14-19-5-2-12-28-19)21(22)15-20-6-3-13-29-20/h1-7,12-13,17,23H,8-11,14-16H2,(H,25,27)/t23-/m0/s1. The second kappa shape index (κ2) is 8.40. The highest BCUT2D eigenvalue weighted by atomic mass is 16.6. The molecule has 0 aliphatic carbocycles. The highest BCUT2D eigenvalue weighted by molar-refractivity contribution is 5.86. The zero-order valence-electron chi connectivity index (χ0n) is 16.9. The highest BCUT2D eigenvalue weighted by Crippen LogP contribution is 2.31. The number of ether oxygens (including phenoxy) is 1. The summed E-state index contributed by atoms with van der Waals surface area (Å²) in [5.74, 6) is 2.20. The molecule has 156 valence electrons. The summed E-state index contributed by atoms with van der Waals surface area (Å²) in [7, 11) is 0. The third-order valence-corrected chi connectivity index (χ3v) is 6.24. The van der Waals surface area contributed by atoms with Crippen molar-refractivity contribution < 1.29 is 18.4 Å². The van der Waals surface area contributed by atoms with Gasteiger partial charge in [0.25, 0.3) is 0 Å². The fourth-order valence-electron chi connectivity index (χ4n) is 4.64. The Balaban J connectivity index is 1.35. The van der Waals surface area contributed by atoms with Gasteiger partial charge in [-0.05, 0) is 73.3 Å². The van der Waals surface area contributed by atoms with E-state index in [1.54, 1.807) is 12.5 Å². The van der Waals surface area contributed by atoms with Crippen molar-refractivity contribution >= 4 is 11.8 Å². The molecule has 3 fully saturated rings. The number of amides is 1. The van der Waals surface area contributed by atoms with Crippen LogP contribution in [0.1, 0.15) is 35.5 Å². The molecule has 30 heavy (non-hydrogen) atoms. The number of fused-ring (bicyclic) bond motifs is 3. The van der Waals surface area contributed by atoms with E-state index in [1.807, 2.05) is 36.4 Å². The molecule has 3 aliphatic rings. The Morgan fingerprint density at radius 1 is 1.00 bits per heavy atom. The van der Waals surface area contributed by atoms with Gasteiger partial charge in [0, 0.05) is 25.1 Å². The van der Waals surface area contributed by atoms with Gasteiger partial charge in [0.2, 0.25) is 0 Å². The van der Waals surface area contributed by atoms with Crippen LogP contribution in [0.5, 0.6) is 0 Å². The van der Waals surface area contributed by atoms with Crippen LogP contribution in [-0.2, 0) is 17.6 Å². The van der Waals surface area contributed by atoms with Crippen molar-refractivity contribution in [2.75, 3.05) is 25.0 Å². The molecule has 3 saturated heterocycles. The van der Waals surface area contributed by atoms with Gasteiger partial charge < -0.3 is 13.6 Å². The highest BCUT2D eigenvalue weighted by Gasteiger charge is 2.36. The van der Waals surface area contributed by atoms with Gasteiger partial charge in [0.15, 0.2) is 0 Å². The number of rotatable bonds is 6. The lowest BCUT2D eigenvalue weighted by molar-refractivity contribution is -0.0289. The maximum absolute atomic E-state index is 12.7. The summed E-state index contributed by atoms with van der Waals surface area (Å²) in [5.41, 5.74) is 2.85. The number of benzene rings is 1. The molecule has 1 aromatic carbocycles. The molecule has 0 unspecified atom stereocenters. The number of anilines is 1. The number of hydrogen-bond acceptors (Lipinski definition) is 5. The first-order valence-corrected chi connectivity index (χ1v) is 10.6. The lowest BCUT2D eigenvalue weighted by atomic mass is 9.86. The fraction of sp³-hybridized carbons (Fsp3) is 0.375. The predicted octanol–water partition coefficient (Wildman–Crippen LogP) is 4.70. The molecule has 1 atom stereocenters. The SMILES string of the molecule is O=C(Nc1cccc(Cc2ccco2)c1Cc1ccco1)O[C@H]1CN2CCC1CC2. The zero-order valence-corrected chi connectivity index (χ0v) is 16.9. The molecular formula is C24H26N2O4. The van der Waals surface area contributed by atoms with Crippen LogP contribution in [0.3, 0.4) is 0 Å². The zero-order chi connectivity index (χ0) is 20.3. The van der Waals surface area contributed by atoms with E-state index in [1.165, 1.54) is 0 Å². The molecule has 6 rings (SSSR count). The molecule has 2 aromatic heterocycles. The van der Waals surface area contributed by atoms with E-state index < -0.39 is 0 Å². The monoisotopic (exact) mass is 406 g/mol. The molecule has 0 radical (unpaired) electrons. The molecule has 6 nitrogen and oxygen atoms in total. The Labute approximate surface area is 175 Å². The van der Waals surface area contributed by atoms with Crippen LogP contribution in [0.2, 0.25) is 0 Å². The maximum atomic E-state index is 12.7. The third-order valence-electron chi connectivity index (χ3n) is 6.24. The van der Waals surface area contributed by atoms with Gasteiger partial charge in [-0.15, -0.1) is 0 Å². The van der Waals surface area contributed by atoms with Gasteiger partial charge in [0.1, 0.15) is 17.6 Å². The number of hydrogen-bond donors (Lipinski definition) is 1. The van der Waals surface area contributed by atoms with Crippen molar-refractivity contribution in [2.45, 2.75) is 31.8 Å². The van der Waals surface area contributed by atoms with Crippen molar-refractivity contribution in [3.8, 4) is 0 Å². The lowest BCUT2D eigenvalue weighted by Gasteiger charge is -2.43. The number of nitrogens with zero attached hydrogens (tertiary/aromatic N) is 1. The van der Waals surface area contributed by atoms with Crippen molar-refractivity contribution in [2.24, 2.45) is 5.92 Å². The molecule has 3 aromatic rings. The van der Waals surface area contributed by atoms with E-state index in [4.69, 9.17) is 13.6 Å². The Morgan fingerprint density at radius 2 is 1.73 bits per heavy atom. The van der Waals surface area contributed by atoms with Crippen LogP contribution >= 0.6 is 0 Å². The molecule has 1 amide bonds. The molecule has 2 bridgehead atoms. The predicted molar refractivity (Wildman–Crippen MR) is 113 cm³/mol. The van der Waals surface area contributed by atoms with Crippen LogP contribution in [0.4, 0.5) is 10.5 Å². The second-order valence-electron chi connectivity index (χ2n) is 8.16. The van der Waals surface area contributed by atoms with Crippen molar-refractivity contribution in [1.29, 1.82) is 0 Å². The van der Waals surface area contributed by atoms with Gasteiger partial charge in [0.05, 0.1) is 12.5 Å². The topological polar surface area (TPSA) is 67.8 Å². The number of nitrogens with one attached hydrogen (secondary N) is 1. The summed E-state index contributed by atoms with van der Waals surface area (Å²) < 4.78 is 16.9. The Morgan fingerprint density at radius 3 is 2.37 bits per heavy atom. The fourth-order valence-corrected chi connectivity index (χ4v) is 4.64. The number of carbonyl (C=O) groups excluding carboxylic acids is 1. The Kier molecular flexibility index (Phi) is 5.32. The smallest absolute Gasteiger partial charge is 0.411 e. The average Bonchev–Trinajstić information content (AvgIpc) is 3.45. The summed E-state index contributed by atoms with van der Waals surface area (Å²) >= 11 is 0. The summed E-state index contributed by atoms with van der Waals surface area (Å²) in [6, 6.07) is 13.6. The largest absolute Gasteiger partial charge is 0.469 e. The van der Waals surface area contributed by atoms with E-state index in [0.29, 0.717) is 18.8 Å². The quantitative estimate of drug-likeness (QED) is 0.643. The van der Waals surface area contributed by atoms with Crippen LogP contribution in [0.15, 0.2) is 63.8 Å². The van der Waals surface area contributed by atoms with Crippen LogP contribution in [0, 0.1) is 5.92 Å². The first-order valence-electron chi connectivity index (χ1n) is 10.6. The van der Waals surface area contributed by atoms with E-state index >= 15 is 0 Å². The minimum absolute atomic E-state index is 0.0210. The van der Waals surface area contributed by atoms with E-state index in [2.05, 4.69) is 16.3 Å². The first-order chi connectivity index (χ1) is 14.7. The number of piperidine rings is 3. The van der Waals surface area contributed by atoms with Gasteiger partial charge in [-0.3, -0.25) is 10.2 Å². The van der Waals surface area contributed by atoms with Gasteiger partial charge in [-0.25, -0.2) is 4.79 Å². The van der Waals surface area contributed by atoms with Gasteiger partial charge in [-0.1, -0.05) is 12.1 Å². The Hall–Kier alpha value is -2.99. The molecule has 6 heteroatoms. The molecule has 3 aliphatic heterocycles. The summed E-state index contributed by atoms with van der Waals surface area (Å²) in [5, 5.41) is 3.00. The number of carbonyl (C=O) groups is 1. The number of furan rings is 2. The minimum atomic E-state index is -0.385. The summed E-state index contributed by atoms with van der Waals surface area (Å²) in [6.07, 6.45) is 6.39. The van der Waals surface area contributed by atoms with Crippen LogP contribution < -0.4 is 5.32 Å². The molecule has 0 spiro atoms. The van der Waals surface area contributed by atoms with Crippen LogP contribution in [0.25, 0.3) is 0 Å². The lowest BCUT2D eigenvalue weighted by Crippen LogP contribution is -2.52. The van der Waals surface area contributed by atoms with Crippen molar-refractivity contribution in [3.05, 3.63) is 77.6 Å². The average molecular weight is 406 g/mol. The van der Waals surface area contributed by atoms with Gasteiger partial charge >= 0.3 is 6.09 Å². The van der Waals surface area contributed by atoms with Crippen LogP contribution in [-0.4, -0.2) is 36.7 Å². The van der Waals surface area contributed by atoms with E-state index in [-0.39, 0.29) is 12.2 Å². The van der Waals surface area contributed by atoms with E-state index in [0.717, 1.165) is 60.8 Å². The normalized spacial score (nSPS) is 22.7. The second-order valence-corrected chi connectivity index (χ2v) is 8.16. The first kappa shape index (κ1) is 19.0. The minimum Gasteiger partial charge on any atom is -0.469 e. The van der Waals surface area contributed by atoms with Gasteiger partial charge in [-0.2, -0.15) is 0 Å². The van der Waals surface area contributed by atoms with E-state index in [9.17, 15) is 4.79 Å². The van der Waals surface area contributed by atoms with Crippen molar-refractivity contribution in [1.82, 2.24) is 4.90 Å². The molecule has 5 heterocycles. The Bertz CT molecular complexity index is 973. The summed E-state index contributed by atoms with van der Waals surface area (Å²) in [6.45, 7) is 3.08. The molecule has 1 N–H and O–H groups in total. The summed E-state index contributed by atoms with van der Waals surface area (Å²) in [4.78, 5) is 15.1. The third kappa shape index (κ3) is 4.14. The van der Waals surface area contributed by atoms with Crippen molar-refractivity contribution in [3.63, 3.8) is 0 Å².